The second-order valence-electron chi connectivity index (χ2n) is 4.52. The van der Waals surface area contributed by atoms with Gasteiger partial charge < -0.3 is 14.1 Å². The fourth-order valence-corrected chi connectivity index (χ4v) is 2.02. The maximum Gasteiger partial charge on any atom is 0.325 e. The molecule has 0 atom stereocenters. The third-order valence-electron chi connectivity index (χ3n) is 3.06. The maximum absolute atomic E-state index is 12.3. The first-order valence-corrected chi connectivity index (χ1v) is 6.43. The van der Waals surface area contributed by atoms with Crippen molar-refractivity contribution in [3.63, 3.8) is 0 Å². The van der Waals surface area contributed by atoms with Crippen molar-refractivity contribution in [2.75, 3.05) is 20.2 Å². The Balaban J connectivity index is 2.22. The Morgan fingerprint density at radius 1 is 1.30 bits per heavy atom. The van der Waals surface area contributed by atoms with E-state index in [1.807, 2.05) is 31.2 Å². The second kappa shape index (κ2) is 5.77. The largest absolute Gasteiger partial charge is 0.465 e. The SMILES string of the molecule is CCOC(=O)CN(C)C(=O)c1oc2ccccc2c1C. The molecule has 0 aliphatic carbocycles. The predicted octanol–water partition coefficient (Wildman–Crippen LogP) is 2.38. The van der Waals surface area contributed by atoms with Gasteiger partial charge in [-0.25, -0.2) is 0 Å². The van der Waals surface area contributed by atoms with Crippen LogP contribution < -0.4 is 0 Å². The normalized spacial score (nSPS) is 10.6. The smallest absolute Gasteiger partial charge is 0.325 e. The van der Waals surface area contributed by atoms with Crippen LogP contribution in [0.4, 0.5) is 0 Å². The van der Waals surface area contributed by atoms with E-state index < -0.39 is 5.97 Å². The molecule has 1 aromatic heterocycles. The predicted molar refractivity (Wildman–Crippen MR) is 74.5 cm³/mol. The molecular formula is C15H17NO4. The van der Waals surface area contributed by atoms with Crippen molar-refractivity contribution >= 4 is 22.8 Å². The number of carbonyl (C=O) groups is 2. The molecule has 0 fully saturated rings. The van der Waals surface area contributed by atoms with Gasteiger partial charge in [0.15, 0.2) is 5.76 Å². The molecule has 106 valence electrons. The van der Waals surface area contributed by atoms with Crippen molar-refractivity contribution in [3.05, 3.63) is 35.6 Å². The van der Waals surface area contributed by atoms with E-state index in [0.29, 0.717) is 12.2 Å². The van der Waals surface area contributed by atoms with Crippen LogP contribution in [0, 0.1) is 6.92 Å². The van der Waals surface area contributed by atoms with E-state index in [-0.39, 0.29) is 18.2 Å². The number of carbonyl (C=O) groups excluding carboxylic acids is 2. The summed E-state index contributed by atoms with van der Waals surface area (Å²) >= 11 is 0. The number of aryl methyl sites for hydroxylation is 1. The maximum atomic E-state index is 12.3. The highest BCUT2D eigenvalue weighted by Gasteiger charge is 2.22. The van der Waals surface area contributed by atoms with Crippen LogP contribution in [0.1, 0.15) is 23.0 Å². The Morgan fingerprint density at radius 2 is 2.00 bits per heavy atom. The lowest BCUT2D eigenvalue weighted by Gasteiger charge is -2.14. The van der Waals surface area contributed by atoms with Crippen molar-refractivity contribution in [2.45, 2.75) is 13.8 Å². The molecule has 5 nitrogen and oxygen atoms in total. The van der Waals surface area contributed by atoms with Crippen LogP contribution in [-0.2, 0) is 9.53 Å². The number of hydrogen-bond donors (Lipinski definition) is 0. The van der Waals surface area contributed by atoms with Gasteiger partial charge >= 0.3 is 5.97 Å². The molecule has 20 heavy (non-hydrogen) atoms. The van der Waals surface area contributed by atoms with E-state index in [2.05, 4.69) is 0 Å². The van der Waals surface area contributed by atoms with Crippen LogP contribution in [-0.4, -0.2) is 37.0 Å². The van der Waals surface area contributed by atoms with E-state index in [1.54, 1.807) is 14.0 Å². The number of benzene rings is 1. The van der Waals surface area contributed by atoms with Gasteiger partial charge in [-0.3, -0.25) is 9.59 Å². The first-order valence-electron chi connectivity index (χ1n) is 6.43. The summed E-state index contributed by atoms with van der Waals surface area (Å²) in [6, 6.07) is 7.45. The standard InChI is InChI=1S/C15H17NO4/c1-4-19-13(17)9-16(3)15(18)14-10(2)11-7-5-6-8-12(11)20-14/h5-8H,4,9H2,1-3H3. The molecule has 0 spiro atoms. The highest BCUT2D eigenvalue weighted by atomic mass is 16.5. The molecule has 1 heterocycles. The summed E-state index contributed by atoms with van der Waals surface area (Å²) in [5.74, 6) is -0.498. The minimum atomic E-state index is -0.433. The zero-order valence-corrected chi connectivity index (χ0v) is 11.8. The molecule has 0 N–H and O–H groups in total. The molecule has 2 rings (SSSR count). The number of ether oxygens (including phenoxy) is 1. The van der Waals surface area contributed by atoms with Gasteiger partial charge in [0, 0.05) is 18.0 Å². The lowest BCUT2D eigenvalue weighted by atomic mass is 10.1. The van der Waals surface area contributed by atoms with Crippen molar-refractivity contribution < 1.29 is 18.7 Å². The Morgan fingerprint density at radius 3 is 2.65 bits per heavy atom. The van der Waals surface area contributed by atoms with Crippen molar-refractivity contribution in [3.8, 4) is 0 Å². The summed E-state index contributed by atoms with van der Waals surface area (Å²) in [5, 5.41) is 0.903. The number of likely N-dealkylation sites (N-methyl/N-ethyl adjacent to an activating group) is 1. The van der Waals surface area contributed by atoms with Gasteiger partial charge in [0.2, 0.25) is 0 Å². The molecule has 0 aliphatic heterocycles. The molecule has 0 aliphatic rings. The molecule has 0 saturated carbocycles. The number of para-hydroxylation sites is 1. The lowest BCUT2D eigenvalue weighted by molar-refractivity contribution is -0.143. The van der Waals surface area contributed by atoms with Gasteiger partial charge in [-0.15, -0.1) is 0 Å². The van der Waals surface area contributed by atoms with Gasteiger partial charge in [0.25, 0.3) is 5.91 Å². The number of hydrogen-bond acceptors (Lipinski definition) is 4. The van der Waals surface area contributed by atoms with Crippen LogP contribution in [0.25, 0.3) is 11.0 Å². The van der Waals surface area contributed by atoms with Crippen LogP contribution in [0.5, 0.6) is 0 Å². The summed E-state index contributed by atoms with van der Waals surface area (Å²) in [6.45, 7) is 3.76. The number of rotatable bonds is 4. The summed E-state index contributed by atoms with van der Waals surface area (Å²) < 4.78 is 10.4. The molecule has 0 radical (unpaired) electrons. The molecule has 5 heteroatoms. The van der Waals surface area contributed by atoms with E-state index in [0.717, 1.165) is 10.9 Å². The third kappa shape index (κ3) is 2.66. The summed E-state index contributed by atoms with van der Waals surface area (Å²) in [5.41, 5.74) is 1.44. The van der Waals surface area contributed by atoms with Crippen molar-refractivity contribution in [1.29, 1.82) is 0 Å². The fraction of sp³-hybridized carbons (Fsp3) is 0.333. The molecular weight excluding hydrogens is 258 g/mol. The lowest BCUT2D eigenvalue weighted by Crippen LogP contribution is -2.33. The van der Waals surface area contributed by atoms with E-state index >= 15 is 0 Å². The molecule has 2 aromatic rings. The number of nitrogens with zero attached hydrogens (tertiary/aromatic N) is 1. The average Bonchev–Trinajstić information content (AvgIpc) is 2.76. The molecule has 0 unspecified atom stereocenters. The van der Waals surface area contributed by atoms with Gasteiger partial charge in [0.1, 0.15) is 12.1 Å². The zero-order chi connectivity index (χ0) is 14.7. The molecule has 0 saturated heterocycles. The van der Waals surface area contributed by atoms with Crippen LogP contribution >= 0.6 is 0 Å². The van der Waals surface area contributed by atoms with Gasteiger partial charge in [0.05, 0.1) is 6.61 Å². The summed E-state index contributed by atoms with van der Waals surface area (Å²) in [4.78, 5) is 25.0. The molecule has 0 bridgehead atoms. The van der Waals surface area contributed by atoms with Crippen molar-refractivity contribution in [2.24, 2.45) is 0 Å². The second-order valence-corrected chi connectivity index (χ2v) is 4.52. The first kappa shape index (κ1) is 14.1. The van der Waals surface area contributed by atoms with Crippen molar-refractivity contribution in [1.82, 2.24) is 4.90 Å². The van der Waals surface area contributed by atoms with E-state index in [4.69, 9.17) is 9.15 Å². The van der Waals surface area contributed by atoms with Gasteiger partial charge in [-0.2, -0.15) is 0 Å². The van der Waals surface area contributed by atoms with Gasteiger partial charge in [-0.1, -0.05) is 18.2 Å². The minimum absolute atomic E-state index is 0.0941. The van der Waals surface area contributed by atoms with Crippen LogP contribution in [0.15, 0.2) is 28.7 Å². The Labute approximate surface area is 117 Å². The van der Waals surface area contributed by atoms with Crippen LogP contribution in [0.2, 0.25) is 0 Å². The summed E-state index contributed by atoms with van der Waals surface area (Å²) in [7, 11) is 1.55. The minimum Gasteiger partial charge on any atom is -0.465 e. The highest BCUT2D eigenvalue weighted by Crippen LogP contribution is 2.25. The van der Waals surface area contributed by atoms with E-state index in [1.165, 1.54) is 4.90 Å². The first-order chi connectivity index (χ1) is 9.54. The quantitative estimate of drug-likeness (QED) is 0.804. The topological polar surface area (TPSA) is 59.8 Å². The number of amides is 1. The van der Waals surface area contributed by atoms with Crippen LogP contribution in [0.3, 0.4) is 0 Å². The number of fused-ring (bicyclic) bond motifs is 1. The Hall–Kier alpha value is -2.30. The number of esters is 1. The Kier molecular flexibility index (Phi) is 4.08. The monoisotopic (exact) mass is 275 g/mol. The third-order valence-corrected chi connectivity index (χ3v) is 3.06. The highest BCUT2D eigenvalue weighted by molar-refractivity contribution is 5.99. The molecule has 1 aromatic carbocycles. The number of furan rings is 1. The van der Waals surface area contributed by atoms with Gasteiger partial charge in [-0.05, 0) is 19.9 Å². The fourth-order valence-electron chi connectivity index (χ4n) is 2.02. The molecule has 1 amide bonds. The zero-order valence-electron chi connectivity index (χ0n) is 11.8. The average molecular weight is 275 g/mol. The summed E-state index contributed by atoms with van der Waals surface area (Å²) in [6.07, 6.45) is 0. The Bertz CT molecular complexity index is 644. The van der Waals surface area contributed by atoms with E-state index in [9.17, 15) is 9.59 Å².